The number of hydrogen-bond donors (Lipinski definition) is 1. The third-order valence-corrected chi connectivity index (χ3v) is 2.88. The van der Waals surface area contributed by atoms with Crippen molar-refractivity contribution in [3.05, 3.63) is 0 Å². The number of methoxy groups -OCH3 is 1. The van der Waals surface area contributed by atoms with Gasteiger partial charge >= 0.3 is 0 Å². The molecule has 0 saturated heterocycles. The number of ether oxygens (including phenoxy) is 1. The number of unbranched alkanes of at least 4 members (excludes halogenated alkanes) is 1. The van der Waals surface area contributed by atoms with Crippen molar-refractivity contribution in [2.24, 2.45) is 5.92 Å². The lowest BCUT2D eigenvalue weighted by Gasteiger charge is -2.24. The Balaban J connectivity index is 3.30. The Morgan fingerprint density at radius 2 is 1.93 bits per heavy atom. The highest BCUT2D eigenvalue weighted by atomic mass is 16.5. The molecule has 86 valence electrons. The Hall–Kier alpha value is -0.0800. The van der Waals surface area contributed by atoms with E-state index in [1.54, 1.807) is 7.11 Å². The summed E-state index contributed by atoms with van der Waals surface area (Å²) in [6, 6.07) is 0. The van der Waals surface area contributed by atoms with Crippen LogP contribution in [-0.2, 0) is 4.74 Å². The van der Waals surface area contributed by atoms with E-state index in [1.807, 2.05) is 0 Å². The summed E-state index contributed by atoms with van der Waals surface area (Å²) < 4.78 is 5.28. The quantitative estimate of drug-likeness (QED) is 0.481. The molecule has 0 fully saturated rings. The van der Waals surface area contributed by atoms with E-state index in [9.17, 15) is 0 Å². The van der Waals surface area contributed by atoms with Gasteiger partial charge in [-0.2, -0.15) is 0 Å². The lowest BCUT2D eigenvalue weighted by molar-refractivity contribution is -0.00706. The minimum Gasteiger partial charge on any atom is -0.364 e. The minimum absolute atomic E-state index is 0.170. The van der Waals surface area contributed by atoms with Crippen LogP contribution in [0, 0.1) is 5.92 Å². The summed E-state index contributed by atoms with van der Waals surface area (Å²) in [5.74, 6) is 0.880. The first-order valence-corrected chi connectivity index (χ1v) is 5.82. The Labute approximate surface area is 89.4 Å². The van der Waals surface area contributed by atoms with Crippen molar-refractivity contribution >= 4 is 0 Å². The minimum atomic E-state index is -0.170. The van der Waals surface area contributed by atoms with Crippen molar-refractivity contribution in [2.75, 3.05) is 13.7 Å². The van der Waals surface area contributed by atoms with Crippen LogP contribution in [0.15, 0.2) is 0 Å². The Kier molecular flexibility index (Phi) is 7.20. The van der Waals surface area contributed by atoms with E-state index in [0.717, 1.165) is 12.5 Å². The van der Waals surface area contributed by atoms with E-state index >= 15 is 0 Å². The molecule has 0 bridgehead atoms. The molecule has 0 radical (unpaired) electrons. The van der Waals surface area contributed by atoms with Crippen LogP contribution in [0.2, 0.25) is 0 Å². The molecule has 0 aliphatic carbocycles. The highest BCUT2D eigenvalue weighted by Crippen LogP contribution is 2.11. The molecule has 0 aromatic carbocycles. The number of nitrogens with one attached hydrogen (secondary N) is 1. The molecule has 0 heterocycles. The van der Waals surface area contributed by atoms with Gasteiger partial charge in [0.25, 0.3) is 0 Å². The van der Waals surface area contributed by atoms with Crippen molar-refractivity contribution in [3.63, 3.8) is 0 Å². The molecular formula is C12H27NO. The summed E-state index contributed by atoms with van der Waals surface area (Å²) in [6.07, 6.45) is 5.22. The van der Waals surface area contributed by atoms with Gasteiger partial charge in [0.1, 0.15) is 5.72 Å². The van der Waals surface area contributed by atoms with E-state index in [4.69, 9.17) is 4.74 Å². The molecule has 0 aliphatic heterocycles. The predicted octanol–water partition coefficient (Wildman–Crippen LogP) is 3.17. The first kappa shape index (κ1) is 13.9. The second-order valence-electron chi connectivity index (χ2n) is 4.65. The molecular weight excluding hydrogens is 174 g/mol. The summed E-state index contributed by atoms with van der Waals surface area (Å²) in [4.78, 5) is 0. The van der Waals surface area contributed by atoms with Crippen LogP contribution in [0.25, 0.3) is 0 Å². The first-order chi connectivity index (χ1) is 6.52. The van der Waals surface area contributed by atoms with Gasteiger partial charge in [0.15, 0.2) is 0 Å². The zero-order valence-corrected chi connectivity index (χ0v) is 10.5. The van der Waals surface area contributed by atoms with Crippen molar-refractivity contribution in [3.8, 4) is 0 Å². The molecule has 0 aromatic rings. The molecule has 14 heavy (non-hydrogen) atoms. The van der Waals surface area contributed by atoms with Crippen LogP contribution < -0.4 is 5.32 Å². The molecule has 2 heteroatoms. The highest BCUT2D eigenvalue weighted by Gasteiger charge is 2.13. The predicted molar refractivity (Wildman–Crippen MR) is 62.4 cm³/mol. The van der Waals surface area contributed by atoms with Crippen molar-refractivity contribution in [1.29, 1.82) is 0 Å². The van der Waals surface area contributed by atoms with Crippen molar-refractivity contribution < 1.29 is 4.74 Å². The summed E-state index contributed by atoms with van der Waals surface area (Å²) in [5, 5.41) is 3.38. The molecule has 0 amide bonds. The fourth-order valence-corrected chi connectivity index (χ4v) is 1.28. The Morgan fingerprint density at radius 1 is 1.29 bits per heavy atom. The molecule has 0 aromatic heterocycles. The largest absolute Gasteiger partial charge is 0.364 e. The Morgan fingerprint density at radius 3 is 2.43 bits per heavy atom. The van der Waals surface area contributed by atoms with E-state index in [2.05, 4.69) is 33.0 Å². The molecule has 0 aliphatic rings. The number of hydrogen-bond acceptors (Lipinski definition) is 2. The van der Waals surface area contributed by atoms with Gasteiger partial charge in [-0.25, -0.2) is 0 Å². The lowest BCUT2D eigenvalue weighted by atomic mass is 10.0. The maximum atomic E-state index is 5.28. The molecule has 1 unspecified atom stereocenters. The molecule has 0 spiro atoms. The van der Waals surface area contributed by atoms with Gasteiger partial charge in [-0.1, -0.05) is 33.1 Å². The van der Waals surface area contributed by atoms with Crippen LogP contribution in [0.3, 0.4) is 0 Å². The van der Waals surface area contributed by atoms with Gasteiger partial charge in [0.2, 0.25) is 0 Å². The molecule has 2 nitrogen and oxygen atoms in total. The second-order valence-corrected chi connectivity index (χ2v) is 4.65. The smallest absolute Gasteiger partial charge is 0.113 e. The van der Waals surface area contributed by atoms with Crippen LogP contribution in [0.1, 0.15) is 53.4 Å². The van der Waals surface area contributed by atoms with Gasteiger partial charge in [-0.05, 0) is 32.7 Å². The summed E-state index contributed by atoms with van der Waals surface area (Å²) in [7, 11) is 1.74. The normalized spacial score (nSPS) is 14.4. The molecule has 1 atom stereocenters. The van der Waals surface area contributed by atoms with Gasteiger partial charge in [0, 0.05) is 7.11 Å². The maximum Gasteiger partial charge on any atom is 0.113 e. The second kappa shape index (κ2) is 7.24. The topological polar surface area (TPSA) is 21.3 Å². The third kappa shape index (κ3) is 7.34. The standard InChI is InChI=1S/C12H27NO/c1-6-11(2)9-7-8-10-13-12(3,4)14-5/h11,13H,6-10H2,1-5H3. The third-order valence-electron chi connectivity index (χ3n) is 2.88. The van der Waals surface area contributed by atoms with E-state index in [0.29, 0.717) is 0 Å². The van der Waals surface area contributed by atoms with E-state index in [-0.39, 0.29) is 5.72 Å². The van der Waals surface area contributed by atoms with Gasteiger partial charge in [0.05, 0.1) is 0 Å². The van der Waals surface area contributed by atoms with Crippen molar-refractivity contribution in [2.45, 2.75) is 59.1 Å². The van der Waals surface area contributed by atoms with Crippen LogP contribution in [0.5, 0.6) is 0 Å². The van der Waals surface area contributed by atoms with Gasteiger partial charge < -0.3 is 4.74 Å². The van der Waals surface area contributed by atoms with Gasteiger partial charge in [-0.3, -0.25) is 5.32 Å². The molecule has 1 N–H and O–H groups in total. The zero-order chi connectivity index (χ0) is 11.0. The fraction of sp³-hybridized carbons (Fsp3) is 1.00. The van der Waals surface area contributed by atoms with Crippen LogP contribution in [0.4, 0.5) is 0 Å². The van der Waals surface area contributed by atoms with Crippen molar-refractivity contribution in [1.82, 2.24) is 5.32 Å². The maximum absolute atomic E-state index is 5.28. The molecule has 0 saturated carbocycles. The summed E-state index contributed by atoms with van der Waals surface area (Å²) in [5.41, 5.74) is -0.170. The monoisotopic (exact) mass is 201 g/mol. The highest BCUT2D eigenvalue weighted by molar-refractivity contribution is 4.64. The number of rotatable bonds is 8. The Bertz CT molecular complexity index is 134. The molecule has 0 rings (SSSR count). The van der Waals surface area contributed by atoms with E-state index in [1.165, 1.54) is 25.7 Å². The summed E-state index contributed by atoms with van der Waals surface area (Å²) in [6.45, 7) is 9.75. The first-order valence-electron chi connectivity index (χ1n) is 5.82. The average Bonchev–Trinajstić information content (AvgIpc) is 2.17. The average molecular weight is 201 g/mol. The van der Waals surface area contributed by atoms with E-state index < -0.39 is 0 Å². The lowest BCUT2D eigenvalue weighted by Crippen LogP contribution is -2.41. The van der Waals surface area contributed by atoms with Crippen LogP contribution in [-0.4, -0.2) is 19.4 Å². The van der Waals surface area contributed by atoms with Gasteiger partial charge in [-0.15, -0.1) is 0 Å². The fourth-order valence-electron chi connectivity index (χ4n) is 1.28. The summed E-state index contributed by atoms with van der Waals surface area (Å²) >= 11 is 0. The van der Waals surface area contributed by atoms with Crippen LogP contribution >= 0.6 is 0 Å². The zero-order valence-electron chi connectivity index (χ0n) is 10.5. The SMILES string of the molecule is CCC(C)CCCCNC(C)(C)OC.